The van der Waals surface area contributed by atoms with Crippen LogP contribution in [0.25, 0.3) is 0 Å². The van der Waals surface area contributed by atoms with Crippen LogP contribution in [0.15, 0.2) is 24.3 Å². The molecule has 0 aliphatic carbocycles. The van der Waals surface area contributed by atoms with Crippen LogP contribution in [-0.2, 0) is 11.2 Å². The summed E-state index contributed by atoms with van der Waals surface area (Å²) >= 11 is 0. The number of unbranched alkanes of at least 4 members (excludes halogenated alkanes) is 1. The monoisotopic (exact) mass is 292 g/mol. The first-order valence-electron chi connectivity index (χ1n) is 7.96. The summed E-state index contributed by atoms with van der Waals surface area (Å²) < 4.78 is 5.13. The maximum atomic E-state index is 11.5. The Morgan fingerprint density at radius 2 is 1.90 bits per heavy atom. The molecule has 21 heavy (non-hydrogen) atoms. The van der Waals surface area contributed by atoms with E-state index in [0.717, 1.165) is 30.6 Å². The smallest absolute Gasteiger partial charge is 0.306 e. The van der Waals surface area contributed by atoms with Gasteiger partial charge in [-0.2, -0.15) is 0 Å². The van der Waals surface area contributed by atoms with E-state index in [2.05, 4.69) is 13.8 Å². The van der Waals surface area contributed by atoms with Gasteiger partial charge in [0.05, 0.1) is 13.0 Å². The molecule has 1 rings (SSSR count). The third kappa shape index (κ3) is 6.19. The van der Waals surface area contributed by atoms with Gasteiger partial charge in [0.1, 0.15) is 5.75 Å². The van der Waals surface area contributed by atoms with Gasteiger partial charge in [0, 0.05) is 0 Å². The van der Waals surface area contributed by atoms with Gasteiger partial charge in [-0.05, 0) is 36.5 Å². The molecular formula is C18H28O3. The molecule has 3 heteroatoms. The highest BCUT2D eigenvalue weighted by molar-refractivity contribution is 5.70. The minimum absolute atomic E-state index is 0.291. The van der Waals surface area contributed by atoms with Crippen LogP contribution >= 0.6 is 0 Å². The van der Waals surface area contributed by atoms with E-state index in [-0.39, 0.29) is 5.92 Å². The van der Waals surface area contributed by atoms with Crippen LogP contribution in [0.1, 0.15) is 51.5 Å². The molecule has 0 saturated carbocycles. The standard InChI is InChI=1S/C18H28O3/c1-4-6-7-14(5-2)12-16(18(19)20)13-15-8-10-17(21-3)11-9-15/h8-11,14,16H,4-7,12-13H2,1-3H3,(H,19,20). The van der Waals surface area contributed by atoms with E-state index in [4.69, 9.17) is 4.74 Å². The van der Waals surface area contributed by atoms with E-state index in [9.17, 15) is 9.90 Å². The molecule has 0 aromatic heterocycles. The van der Waals surface area contributed by atoms with Crippen molar-refractivity contribution in [3.05, 3.63) is 29.8 Å². The zero-order chi connectivity index (χ0) is 15.7. The Hall–Kier alpha value is -1.51. The summed E-state index contributed by atoms with van der Waals surface area (Å²) in [7, 11) is 1.63. The normalized spacial score (nSPS) is 13.7. The molecule has 1 N–H and O–H groups in total. The fraction of sp³-hybridized carbons (Fsp3) is 0.611. The van der Waals surface area contributed by atoms with Crippen molar-refractivity contribution < 1.29 is 14.6 Å². The lowest BCUT2D eigenvalue weighted by Crippen LogP contribution is -2.20. The van der Waals surface area contributed by atoms with Crippen LogP contribution in [0.4, 0.5) is 0 Å². The molecule has 0 amide bonds. The number of benzene rings is 1. The Kier molecular flexibility index (Phi) is 7.88. The summed E-state index contributed by atoms with van der Waals surface area (Å²) in [6.07, 6.45) is 5.94. The molecule has 0 aliphatic rings. The maximum absolute atomic E-state index is 11.5. The first-order valence-corrected chi connectivity index (χ1v) is 7.96. The molecule has 3 nitrogen and oxygen atoms in total. The second kappa shape index (κ2) is 9.43. The number of ether oxygens (including phenoxy) is 1. The molecule has 0 heterocycles. The lowest BCUT2D eigenvalue weighted by Gasteiger charge is -2.20. The molecule has 0 radical (unpaired) electrons. The second-order valence-corrected chi connectivity index (χ2v) is 5.74. The Morgan fingerprint density at radius 3 is 2.38 bits per heavy atom. The van der Waals surface area contributed by atoms with Crippen LogP contribution in [0, 0.1) is 11.8 Å². The number of methoxy groups -OCH3 is 1. The SMILES string of the molecule is CCCCC(CC)CC(Cc1ccc(OC)cc1)C(=O)O. The number of carbonyl (C=O) groups is 1. The quantitative estimate of drug-likeness (QED) is 0.688. The van der Waals surface area contributed by atoms with Crippen molar-refractivity contribution in [1.82, 2.24) is 0 Å². The summed E-state index contributed by atoms with van der Waals surface area (Å²) in [6.45, 7) is 4.34. The number of aliphatic carboxylic acids is 1. The van der Waals surface area contributed by atoms with Crippen LogP contribution in [0.5, 0.6) is 5.75 Å². The third-order valence-corrected chi connectivity index (χ3v) is 4.15. The van der Waals surface area contributed by atoms with Crippen molar-refractivity contribution >= 4 is 5.97 Å². The maximum Gasteiger partial charge on any atom is 0.306 e. The molecule has 0 spiro atoms. The molecular weight excluding hydrogens is 264 g/mol. The first-order chi connectivity index (χ1) is 10.1. The number of carboxylic acid groups (broad SMARTS) is 1. The van der Waals surface area contributed by atoms with Gasteiger partial charge in [-0.25, -0.2) is 0 Å². The van der Waals surface area contributed by atoms with Crippen molar-refractivity contribution in [2.45, 2.75) is 52.4 Å². The molecule has 0 aliphatic heterocycles. The van der Waals surface area contributed by atoms with Gasteiger partial charge < -0.3 is 9.84 Å². The zero-order valence-corrected chi connectivity index (χ0v) is 13.5. The van der Waals surface area contributed by atoms with E-state index >= 15 is 0 Å². The molecule has 1 aromatic carbocycles. The van der Waals surface area contributed by atoms with Crippen LogP contribution in [-0.4, -0.2) is 18.2 Å². The summed E-state index contributed by atoms with van der Waals surface area (Å²) in [5.74, 6) is 0.352. The van der Waals surface area contributed by atoms with Crippen molar-refractivity contribution in [2.24, 2.45) is 11.8 Å². The zero-order valence-electron chi connectivity index (χ0n) is 13.5. The minimum Gasteiger partial charge on any atom is -0.497 e. The van der Waals surface area contributed by atoms with Crippen molar-refractivity contribution in [3.8, 4) is 5.75 Å². The Balaban J connectivity index is 2.65. The molecule has 0 bridgehead atoms. The average molecular weight is 292 g/mol. The van der Waals surface area contributed by atoms with Gasteiger partial charge in [-0.15, -0.1) is 0 Å². The van der Waals surface area contributed by atoms with Gasteiger partial charge in [0.15, 0.2) is 0 Å². The number of rotatable bonds is 10. The average Bonchev–Trinajstić information content (AvgIpc) is 2.50. The largest absolute Gasteiger partial charge is 0.497 e. The van der Waals surface area contributed by atoms with E-state index in [1.54, 1.807) is 7.11 Å². The van der Waals surface area contributed by atoms with E-state index in [1.807, 2.05) is 24.3 Å². The molecule has 118 valence electrons. The third-order valence-electron chi connectivity index (χ3n) is 4.15. The number of hydrogen-bond donors (Lipinski definition) is 1. The van der Waals surface area contributed by atoms with E-state index in [0.29, 0.717) is 12.3 Å². The van der Waals surface area contributed by atoms with Gasteiger partial charge >= 0.3 is 5.97 Å². The fourth-order valence-corrected chi connectivity index (χ4v) is 2.70. The fourth-order valence-electron chi connectivity index (χ4n) is 2.70. The highest BCUT2D eigenvalue weighted by Crippen LogP contribution is 2.25. The highest BCUT2D eigenvalue weighted by Gasteiger charge is 2.22. The molecule has 0 saturated heterocycles. The number of hydrogen-bond acceptors (Lipinski definition) is 2. The predicted octanol–water partition coefficient (Wildman–Crippen LogP) is 4.55. The van der Waals surface area contributed by atoms with Crippen molar-refractivity contribution in [1.29, 1.82) is 0 Å². The first kappa shape index (κ1) is 17.5. The van der Waals surface area contributed by atoms with Gasteiger partial charge in [-0.1, -0.05) is 51.7 Å². The lowest BCUT2D eigenvalue weighted by molar-refractivity contribution is -0.142. The van der Waals surface area contributed by atoms with Crippen LogP contribution in [0.3, 0.4) is 0 Å². The minimum atomic E-state index is -0.680. The topological polar surface area (TPSA) is 46.5 Å². The highest BCUT2D eigenvalue weighted by atomic mass is 16.5. The Labute approximate surface area is 128 Å². The molecule has 1 aromatic rings. The van der Waals surface area contributed by atoms with Crippen molar-refractivity contribution in [2.75, 3.05) is 7.11 Å². The lowest BCUT2D eigenvalue weighted by atomic mass is 9.85. The van der Waals surface area contributed by atoms with Gasteiger partial charge in [0.25, 0.3) is 0 Å². The summed E-state index contributed by atoms with van der Waals surface area (Å²) in [4.78, 5) is 11.5. The molecule has 0 fully saturated rings. The number of carboxylic acids is 1. The summed E-state index contributed by atoms with van der Waals surface area (Å²) in [5, 5.41) is 9.48. The molecule has 2 atom stereocenters. The van der Waals surface area contributed by atoms with Crippen molar-refractivity contribution in [3.63, 3.8) is 0 Å². The van der Waals surface area contributed by atoms with Gasteiger partial charge in [0.2, 0.25) is 0 Å². The Bertz CT molecular complexity index is 411. The second-order valence-electron chi connectivity index (χ2n) is 5.74. The van der Waals surface area contributed by atoms with Gasteiger partial charge in [-0.3, -0.25) is 4.79 Å². The summed E-state index contributed by atoms with van der Waals surface area (Å²) in [6, 6.07) is 7.70. The predicted molar refractivity (Wildman–Crippen MR) is 85.7 cm³/mol. The van der Waals surface area contributed by atoms with Crippen LogP contribution < -0.4 is 4.74 Å². The van der Waals surface area contributed by atoms with E-state index in [1.165, 1.54) is 12.8 Å². The molecule has 2 unspecified atom stereocenters. The van der Waals surface area contributed by atoms with E-state index < -0.39 is 5.97 Å². The summed E-state index contributed by atoms with van der Waals surface area (Å²) in [5.41, 5.74) is 1.06. The van der Waals surface area contributed by atoms with Crippen LogP contribution in [0.2, 0.25) is 0 Å². The Morgan fingerprint density at radius 1 is 1.24 bits per heavy atom.